The van der Waals surface area contributed by atoms with E-state index in [4.69, 9.17) is 0 Å². The van der Waals surface area contributed by atoms with E-state index in [0.29, 0.717) is 0 Å². The van der Waals surface area contributed by atoms with Crippen molar-refractivity contribution in [3.05, 3.63) is 12.2 Å². The van der Waals surface area contributed by atoms with Crippen LogP contribution in [0.15, 0.2) is 6.33 Å². The van der Waals surface area contributed by atoms with Gasteiger partial charge in [0.05, 0.1) is 11.5 Å². The zero-order valence-corrected chi connectivity index (χ0v) is 11.9. The Kier molecular flexibility index (Phi) is 4.95. The standard InChI is InChI=1S/C15H24N4/c1-2-10-19-14(17-13-18-19)11-15(12-16)8-6-4-3-5-7-9-15/h13H,2-11H2,1H3. The third kappa shape index (κ3) is 3.56. The predicted molar refractivity (Wildman–Crippen MR) is 74.4 cm³/mol. The zero-order chi connectivity index (χ0) is 13.6. The molecular weight excluding hydrogens is 236 g/mol. The minimum absolute atomic E-state index is 0.209. The molecule has 1 aliphatic rings. The predicted octanol–water partition coefficient (Wildman–Crippen LogP) is 3.48. The summed E-state index contributed by atoms with van der Waals surface area (Å²) in [6.07, 6.45) is 11.7. The maximum absolute atomic E-state index is 9.67. The normalized spacial score (nSPS) is 19.4. The second-order valence-corrected chi connectivity index (χ2v) is 5.74. The van der Waals surface area contributed by atoms with Crippen LogP contribution < -0.4 is 0 Å². The molecule has 1 aliphatic carbocycles. The van der Waals surface area contributed by atoms with Crippen molar-refractivity contribution >= 4 is 0 Å². The summed E-state index contributed by atoms with van der Waals surface area (Å²) in [5, 5.41) is 13.9. The molecule has 0 aliphatic heterocycles. The summed E-state index contributed by atoms with van der Waals surface area (Å²) >= 11 is 0. The summed E-state index contributed by atoms with van der Waals surface area (Å²) in [6.45, 7) is 3.04. The Balaban J connectivity index is 2.12. The largest absolute Gasteiger partial charge is 0.250 e. The van der Waals surface area contributed by atoms with E-state index >= 15 is 0 Å². The molecule has 0 spiro atoms. The van der Waals surface area contributed by atoms with Crippen LogP contribution in [0.3, 0.4) is 0 Å². The number of nitrogens with zero attached hydrogens (tertiary/aromatic N) is 4. The molecule has 0 amide bonds. The van der Waals surface area contributed by atoms with Gasteiger partial charge in [-0.3, -0.25) is 4.68 Å². The Bertz CT molecular complexity index is 422. The summed E-state index contributed by atoms with van der Waals surface area (Å²) in [7, 11) is 0. The number of nitriles is 1. The van der Waals surface area contributed by atoms with E-state index in [9.17, 15) is 5.26 Å². The molecule has 0 N–H and O–H groups in total. The topological polar surface area (TPSA) is 54.5 Å². The van der Waals surface area contributed by atoms with Gasteiger partial charge in [0.2, 0.25) is 0 Å². The van der Waals surface area contributed by atoms with Crippen LogP contribution in [0.4, 0.5) is 0 Å². The molecule has 4 heteroatoms. The van der Waals surface area contributed by atoms with Gasteiger partial charge >= 0.3 is 0 Å². The molecule has 1 aromatic rings. The molecule has 0 bridgehead atoms. The number of hydrogen-bond donors (Lipinski definition) is 0. The monoisotopic (exact) mass is 260 g/mol. The lowest BCUT2D eigenvalue weighted by atomic mass is 9.75. The highest BCUT2D eigenvalue weighted by Crippen LogP contribution is 2.36. The van der Waals surface area contributed by atoms with Gasteiger partial charge in [0, 0.05) is 13.0 Å². The van der Waals surface area contributed by atoms with Crippen molar-refractivity contribution in [3.8, 4) is 6.07 Å². The van der Waals surface area contributed by atoms with Crippen molar-refractivity contribution in [2.45, 2.75) is 71.3 Å². The Morgan fingerprint density at radius 1 is 1.26 bits per heavy atom. The van der Waals surface area contributed by atoms with Crippen LogP contribution in [-0.2, 0) is 13.0 Å². The average Bonchev–Trinajstić information content (AvgIpc) is 2.81. The van der Waals surface area contributed by atoms with Gasteiger partial charge in [-0.2, -0.15) is 10.4 Å². The minimum atomic E-state index is -0.209. The minimum Gasteiger partial charge on any atom is -0.250 e. The maximum Gasteiger partial charge on any atom is 0.138 e. The Morgan fingerprint density at radius 3 is 2.58 bits per heavy atom. The van der Waals surface area contributed by atoms with Crippen LogP contribution in [0, 0.1) is 16.7 Å². The third-order valence-electron chi connectivity index (χ3n) is 4.18. The molecular formula is C15H24N4. The highest BCUT2D eigenvalue weighted by atomic mass is 15.3. The van der Waals surface area contributed by atoms with E-state index in [0.717, 1.165) is 38.1 Å². The lowest BCUT2D eigenvalue weighted by Gasteiger charge is -2.28. The van der Waals surface area contributed by atoms with E-state index < -0.39 is 0 Å². The first-order valence-corrected chi connectivity index (χ1v) is 7.57. The first kappa shape index (κ1) is 14.0. The fraction of sp³-hybridized carbons (Fsp3) is 0.800. The Morgan fingerprint density at radius 2 is 1.95 bits per heavy atom. The van der Waals surface area contributed by atoms with E-state index in [-0.39, 0.29) is 5.41 Å². The summed E-state index contributed by atoms with van der Waals surface area (Å²) in [6, 6.07) is 2.61. The van der Waals surface area contributed by atoms with Crippen LogP contribution in [-0.4, -0.2) is 14.8 Å². The lowest BCUT2D eigenvalue weighted by Crippen LogP contribution is -2.25. The van der Waals surface area contributed by atoms with E-state index in [1.54, 1.807) is 6.33 Å². The SMILES string of the molecule is CCCn1ncnc1CC1(C#N)CCCCCCC1. The van der Waals surface area contributed by atoms with Crippen LogP contribution in [0.25, 0.3) is 0 Å². The van der Waals surface area contributed by atoms with E-state index in [1.165, 1.54) is 32.1 Å². The quantitative estimate of drug-likeness (QED) is 0.832. The zero-order valence-electron chi connectivity index (χ0n) is 11.9. The third-order valence-corrected chi connectivity index (χ3v) is 4.18. The maximum atomic E-state index is 9.67. The molecule has 0 unspecified atom stereocenters. The highest BCUT2D eigenvalue weighted by molar-refractivity contribution is 5.06. The number of hydrogen-bond acceptors (Lipinski definition) is 3. The van der Waals surface area contributed by atoms with Crippen molar-refractivity contribution < 1.29 is 0 Å². The van der Waals surface area contributed by atoms with Gasteiger partial charge in [-0.1, -0.05) is 39.0 Å². The number of aromatic nitrogens is 3. The molecule has 1 aromatic heterocycles. The molecule has 104 valence electrons. The van der Waals surface area contributed by atoms with Crippen LogP contribution in [0.2, 0.25) is 0 Å². The Hall–Kier alpha value is -1.37. The van der Waals surface area contributed by atoms with Gasteiger partial charge in [0.1, 0.15) is 12.2 Å². The van der Waals surface area contributed by atoms with Crippen molar-refractivity contribution in [2.24, 2.45) is 5.41 Å². The summed E-state index contributed by atoms with van der Waals surface area (Å²) in [5.74, 6) is 0.990. The summed E-state index contributed by atoms with van der Waals surface area (Å²) < 4.78 is 1.97. The van der Waals surface area contributed by atoms with E-state index in [1.807, 2.05) is 4.68 Å². The lowest BCUT2D eigenvalue weighted by molar-refractivity contribution is 0.278. The molecule has 0 saturated heterocycles. The van der Waals surface area contributed by atoms with Crippen molar-refractivity contribution in [1.82, 2.24) is 14.8 Å². The second kappa shape index (κ2) is 6.70. The fourth-order valence-corrected chi connectivity index (χ4v) is 3.04. The average molecular weight is 260 g/mol. The van der Waals surface area contributed by atoms with Crippen LogP contribution in [0.1, 0.15) is 64.1 Å². The van der Waals surface area contributed by atoms with Gasteiger partial charge in [-0.15, -0.1) is 0 Å². The molecule has 4 nitrogen and oxygen atoms in total. The number of rotatable bonds is 4. The molecule has 1 heterocycles. The van der Waals surface area contributed by atoms with Crippen molar-refractivity contribution in [3.63, 3.8) is 0 Å². The van der Waals surface area contributed by atoms with Crippen molar-refractivity contribution in [1.29, 1.82) is 5.26 Å². The molecule has 0 atom stereocenters. The molecule has 1 fully saturated rings. The van der Waals surface area contributed by atoms with E-state index in [2.05, 4.69) is 23.1 Å². The fourth-order valence-electron chi connectivity index (χ4n) is 3.04. The van der Waals surface area contributed by atoms with Gasteiger partial charge in [-0.05, 0) is 19.3 Å². The number of aryl methyl sites for hydroxylation is 1. The molecule has 2 rings (SSSR count). The molecule has 1 saturated carbocycles. The smallest absolute Gasteiger partial charge is 0.138 e. The van der Waals surface area contributed by atoms with Crippen LogP contribution >= 0.6 is 0 Å². The highest BCUT2D eigenvalue weighted by Gasteiger charge is 2.32. The second-order valence-electron chi connectivity index (χ2n) is 5.74. The summed E-state index contributed by atoms with van der Waals surface area (Å²) in [4.78, 5) is 4.38. The molecule has 0 aromatic carbocycles. The van der Waals surface area contributed by atoms with Gasteiger partial charge in [0.25, 0.3) is 0 Å². The van der Waals surface area contributed by atoms with Gasteiger partial charge in [0.15, 0.2) is 0 Å². The summed E-state index contributed by atoms with van der Waals surface area (Å²) in [5.41, 5.74) is -0.209. The Labute approximate surface area is 115 Å². The van der Waals surface area contributed by atoms with Gasteiger partial charge < -0.3 is 0 Å². The molecule has 19 heavy (non-hydrogen) atoms. The van der Waals surface area contributed by atoms with Crippen molar-refractivity contribution in [2.75, 3.05) is 0 Å². The first-order valence-electron chi connectivity index (χ1n) is 7.57. The first-order chi connectivity index (χ1) is 9.29. The van der Waals surface area contributed by atoms with Crippen LogP contribution in [0.5, 0.6) is 0 Å². The molecule has 0 radical (unpaired) electrons. The van der Waals surface area contributed by atoms with Gasteiger partial charge in [-0.25, -0.2) is 4.98 Å².